The topological polar surface area (TPSA) is 260 Å². The second-order valence-electron chi connectivity index (χ2n) is 6.73. The number of aromatic amines is 1. The van der Waals surface area contributed by atoms with Crippen LogP contribution in [0.5, 0.6) is 0 Å². The van der Waals surface area contributed by atoms with E-state index in [0.717, 1.165) is 0 Å². The van der Waals surface area contributed by atoms with Gasteiger partial charge in [0, 0.05) is 24.7 Å². The minimum atomic E-state index is -1.47. The van der Waals surface area contributed by atoms with E-state index in [-0.39, 0.29) is 12.8 Å². The fourth-order valence-corrected chi connectivity index (χ4v) is 2.48. The number of aliphatic carboxylic acids is 2. The number of hydrogen-bond donors (Lipinski definition) is 8. The minimum absolute atomic E-state index is 0.0755. The van der Waals surface area contributed by atoms with Crippen LogP contribution in [0.3, 0.4) is 0 Å². The van der Waals surface area contributed by atoms with Gasteiger partial charge in [-0.15, -0.1) is 0 Å². The first-order valence-corrected chi connectivity index (χ1v) is 9.32. The van der Waals surface area contributed by atoms with E-state index in [1.807, 2.05) is 0 Å². The summed E-state index contributed by atoms with van der Waals surface area (Å²) in [6.45, 7) is -0.693. The molecule has 0 aliphatic carbocycles. The van der Waals surface area contributed by atoms with E-state index >= 15 is 0 Å². The molecule has 1 rings (SSSR count). The molecule has 4 amide bonds. The van der Waals surface area contributed by atoms with Crippen molar-refractivity contribution in [3.8, 4) is 0 Å². The molecule has 176 valence electrons. The van der Waals surface area contributed by atoms with Gasteiger partial charge in [-0.1, -0.05) is 0 Å². The first-order chi connectivity index (χ1) is 15.0. The number of H-pyrrole nitrogens is 1. The van der Waals surface area contributed by atoms with Crippen LogP contribution in [0.25, 0.3) is 0 Å². The van der Waals surface area contributed by atoms with Crippen molar-refractivity contribution in [1.82, 2.24) is 25.9 Å². The molecule has 0 aliphatic heterocycles. The number of primary amides is 1. The van der Waals surface area contributed by atoms with E-state index < -0.39 is 73.1 Å². The number of carbonyl (C=O) groups is 6. The maximum absolute atomic E-state index is 12.3. The lowest BCUT2D eigenvalue weighted by molar-refractivity contribution is -0.143. The molecule has 15 nitrogen and oxygen atoms in total. The van der Waals surface area contributed by atoms with Gasteiger partial charge in [0.2, 0.25) is 23.6 Å². The predicted molar refractivity (Wildman–Crippen MR) is 105 cm³/mol. The number of amides is 4. The van der Waals surface area contributed by atoms with Crippen molar-refractivity contribution in [3.63, 3.8) is 0 Å². The zero-order valence-corrected chi connectivity index (χ0v) is 16.9. The maximum Gasteiger partial charge on any atom is 0.326 e. The highest BCUT2D eigenvalue weighted by atomic mass is 16.4. The lowest BCUT2D eigenvalue weighted by Crippen LogP contribution is -2.54. The molecular formula is C17H25N7O8. The standard InChI is InChI=1S/C17H25N7O8/c18-9(3-8-5-20-7-22-8)15(29)24-11(4-12(19)25)16(30)21-6-13(26)23-10(17(31)32)1-2-14(27)28/h5,7,9-11H,1-4,6,18H2,(H2,19,25)(H,20,22)(H,21,30)(H,23,26)(H,24,29)(H,27,28)(H,31,32). The van der Waals surface area contributed by atoms with Crippen molar-refractivity contribution in [2.24, 2.45) is 11.5 Å². The Labute approximate surface area is 181 Å². The van der Waals surface area contributed by atoms with Gasteiger partial charge in [0.15, 0.2) is 0 Å². The SMILES string of the molecule is NC(=O)CC(NC(=O)C(N)Cc1cnc[nH]1)C(=O)NCC(=O)NC(CCC(=O)O)C(=O)O. The number of nitrogens with two attached hydrogens (primary N) is 2. The fourth-order valence-electron chi connectivity index (χ4n) is 2.48. The van der Waals surface area contributed by atoms with Crippen LogP contribution in [-0.2, 0) is 35.2 Å². The molecule has 0 aliphatic rings. The van der Waals surface area contributed by atoms with Gasteiger partial charge in [-0.05, 0) is 6.42 Å². The Morgan fingerprint density at radius 1 is 1.06 bits per heavy atom. The molecule has 1 aromatic rings. The number of nitrogens with one attached hydrogen (secondary N) is 4. The van der Waals surface area contributed by atoms with Crippen LogP contribution in [0.4, 0.5) is 0 Å². The summed E-state index contributed by atoms with van der Waals surface area (Å²) >= 11 is 0. The summed E-state index contributed by atoms with van der Waals surface area (Å²) in [5, 5.41) is 24.1. The normalized spacial score (nSPS) is 13.3. The Kier molecular flexibility index (Phi) is 10.3. The van der Waals surface area contributed by atoms with Crippen molar-refractivity contribution in [3.05, 3.63) is 18.2 Å². The molecule has 0 radical (unpaired) electrons. The minimum Gasteiger partial charge on any atom is -0.481 e. The van der Waals surface area contributed by atoms with Gasteiger partial charge in [-0.25, -0.2) is 9.78 Å². The molecule has 1 heterocycles. The molecule has 0 saturated carbocycles. The summed E-state index contributed by atoms with van der Waals surface area (Å²) in [5.41, 5.74) is 11.4. The Morgan fingerprint density at radius 3 is 2.28 bits per heavy atom. The number of imidazole rings is 1. The molecule has 32 heavy (non-hydrogen) atoms. The number of rotatable bonds is 14. The third-order valence-electron chi connectivity index (χ3n) is 4.07. The van der Waals surface area contributed by atoms with Crippen molar-refractivity contribution >= 4 is 35.6 Å². The average molecular weight is 455 g/mol. The summed E-state index contributed by atoms with van der Waals surface area (Å²) in [5.74, 6) is -6.21. The second-order valence-corrected chi connectivity index (χ2v) is 6.73. The number of carboxylic acid groups (broad SMARTS) is 2. The molecule has 15 heteroatoms. The van der Waals surface area contributed by atoms with Crippen LogP contribution < -0.4 is 27.4 Å². The highest BCUT2D eigenvalue weighted by Crippen LogP contribution is 2.00. The van der Waals surface area contributed by atoms with E-state index in [1.165, 1.54) is 12.5 Å². The Balaban J connectivity index is 2.63. The van der Waals surface area contributed by atoms with Crippen molar-refractivity contribution in [2.45, 2.75) is 43.8 Å². The van der Waals surface area contributed by atoms with Crippen LogP contribution in [0, 0.1) is 0 Å². The van der Waals surface area contributed by atoms with Gasteiger partial charge < -0.3 is 42.6 Å². The second kappa shape index (κ2) is 12.6. The maximum atomic E-state index is 12.3. The Morgan fingerprint density at radius 2 is 1.75 bits per heavy atom. The number of nitrogens with zero attached hydrogens (tertiary/aromatic N) is 1. The zero-order chi connectivity index (χ0) is 24.3. The Bertz CT molecular complexity index is 842. The lowest BCUT2D eigenvalue weighted by atomic mass is 10.1. The monoisotopic (exact) mass is 455 g/mol. The van der Waals surface area contributed by atoms with Gasteiger partial charge >= 0.3 is 11.9 Å². The van der Waals surface area contributed by atoms with E-state index in [4.69, 9.17) is 21.7 Å². The predicted octanol–water partition coefficient (Wildman–Crippen LogP) is -3.81. The summed E-state index contributed by atoms with van der Waals surface area (Å²) in [6.07, 6.45) is 1.50. The summed E-state index contributed by atoms with van der Waals surface area (Å²) in [7, 11) is 0. The number of carbonyl (C=O) groups excluding carboxylic acids is 4. The van der Waals surface area contributed by atoms with Crippen molar-refractivity contribution in [2.75, 3.05) is 6.54 Å². The lowest BCUT2D eigenvalue weighted by Gasteiger charge is -2.20. The largest absolute Gasteiger partial charge is 0.481 e. The van der Waals surface area contributed by atoms with Gasteiger partial charge in [0.25, 0.3) is 0 Å². The molecule has 0 spiro atoms. The van der Waals surface area contributed by atoms with Crippen LogP contribution in [-0.4, -0.2) is 80.4 Å². The van der Waals surface area contributed by atoms with Crippen molar-refractivity contribution in [1.29, 1.82) is 0 Å². The molecule has 3 atom stereocenters. The van der Waals surface area contributed by atoms with E-state index in [0.29, 0.717) is 5.69 Å². The quantitative estimate of drug-likeness (QED) is 0.135. The fraction of sp³-hybridized carbons (Fsp3) is 0.471. The summed E-state index contributed by atoms with van der Waals surface area (Å²) in [6, 6.07) is -3.98. The van der Waals surface area contributed by atoms with Crippen molar-refractivity contribution < 1.29 is 39.0 Å². The zero-order valence-electron chi connectivity index (χ0n) is 16.9. The average Bonchev–Trinajstić information content (AvgIpc) is 3.20. The number of hydrogen-bond acceptors (Lipinski definition) is 8. The van der Waals surface area contributed by atoms with Crippen LogP contribution in [0.2, 0.25) is 0 Å². The number of carboxylic acids is 2. The molecule has 0 aromatic carbocycles. The molecule has 1 aromatic heterocycles. The van der Waals surface area contributed by atoms with Gasteiger partial charge in [0.05, 0.1) is 25.3 Å². The molecule has 0 saturated heterocycles. The third-order valence-corrected chi connectivity index (χ3v) is 4.07. The molecule has 10 N–H and O–H groups in total. The molecular weight excluding hydrogens is 430 g/mol. The molecule has 0 bridgehead atoms. The highest BCUT2D eigenvalue weighted by molar-refractivity contribution is 5.95. The van der Waals surface area contributed by atoms with Gasteiger partial charge in [0.1, 0.15) is 12.1 Å². The van der Waals surface area contributed by atoms with Gasteiger partial charge in [-0.2, -0.15) is 0 Å². The van der Waals surface area contributed by atoms with Crippen LogP contribution >= 0.6 is 0 Å². The first-order valence-electron chi connectivity index (χ1n) is 9.32. The van der Waals surface area contributed by atoms with Crippen LogP contribution in [0.15, 0.2) is 12.5 Å². The smallest absolute Gasteiger partial charge is 0.326 e. The number of aromatic nitrogens is 2. The third kappa shape index (κ3) is 9.66. The first kappa shape index (κ1) is 26.0. The van der Waals surface area contributed by atoms with E-state index in [2.05, 4.69) is 25.9 Å². The molecule has 3 unspecified atom stereocenters. The van der Waals surface area contributed by atoms with E-state index in [9.17, 15) is 28.8 Å². The van der Waals surface area contributed by atoms with Crippen LogP contribution in [0.1, 0.15) is 25.0 Å². The Hall–Kier alpha value is -4.01. The highest BCUT2D eigenvalue weighted by Gasteiger charge is 2.27. The molecule has 0 fully saturated rings. The van der Waals surface area contributed by atoms with E-state index in [1.54, 1.807) is 0 Å². The summed E-state index contributed by atoms with van der Waals surface area (Å²) < 4.78 is 0. The van der Waals surface area contributed by atoms with Gasteiger partial charge in [-0.3, -0.25) is 24.0 Å². The summed E-state index contributed by atoms with van der Waals surface area (Å²) in [4.78, 5) is 76.0.